The third-order valence-electron chi connectivity index (χ3n) is 3.65. The maximum Gasteiger partial charge on any atom is 0.193 e. The van der Waals surface area contributed by atoms with Crippen molar-refractivity contribution in [2.24, 2.45) is 0 Å². The number of hydrogen-bond acceptors (Lipinski definition) is 2. The van der Waals surface area contributed by atoms with Gasteiger partial charge in [-0.2, -0.15) is 0 Å². The number of rotatable bonds is 2. The fraction of sp³-hybridized carbons (Fsp3) is 0.235. The summed E-state index contributed by atoms with van der Waals surface area (Å²) in [4.78, 5) is 12.5. The van der Waals surface area contributed by atoms with Crippen LogP contribution in [0.25, 0.3) is 0 Å². The summed E-state index contributed by atoms with van der Waals surface area (Å²) in [7, 11) is 0. The number of carbonyl (C=O) groups excluding carboxylic acids is 1. The number of carbonyl (C=O) groups is 1. The molecule has 0 aliphatic carbocycles. The highest BCUT2D eigenvalue weighted by molar-refractivity contribution is 6.31. The molecular formula is C17H15ClO2. The minimum absolute atomic E-state index is 0.0157. The summed E-state index contributed by atoms with van der Waals surface area (Å²) in [6.45, 7) is 4.89. The Labute approximate surface area is 123 Å². The normalized spacial score (nSPS) is 15.6. The molecule has 20 heavy (non-hydrogen) atoms. The van der Waals surface area contributed by atoms with Crippen LogP contribution in [0.1, 0.15) is 35.3 Å². The first-order chi connectivity index (χ1) is 9.47. The zero-order valence-corrected chi connectivity index (χ0v) is 12.2. The lowest BCUT2D eigenvalue weighted by Gasteiger charge is -2.15. The molecule has 1 aliphatic rings. The van der Waals surface area contributed by atoms with Gasteiger partial charge in [-0.15, -0.1) is 0 Å². The van der Waals surface area contributed by atoms with E-state index in [9.17, 15) is 4.79 Å². The number of halogens is 1. The Morgan fingerprint density at radius 2 is 1.90 bits per heavy atom. The van der Waals surface area contributed by atoms with E-state index in [1.165, 1.54) is 0 Å². The fourth-order valence-electron chi connectivity index (χ4n) is 2.46. The molecule has 2 nitrogen and oxygen atoms in total. The molecule has 0 fully saturated rings. The van der Waals surface area contributed by atoms with Gasteiger partial charge in [0.2, 0.25) is 0 Å². The van der Waals surface area contributed by atoms with Crippen molar-refractivity contribution >= 4 is 17.4 Å². The Morgan fingerprint density at radius 1 is 1.15 bits per heavy atom. The van der Waals surface area contributed by atoms with E-state index in [4.69, 9.17) is 16.3 Å². The summed E-state index contributed by atoms with van der Waals surface area (Å²) >= 11 is 5.94. The number of fused-ring (bicyclic) bond motifs is 1. The quantitative estimate of drug-likeness (QED) is 0.772. The van der Waals surface area contributed by atoms with Crippen LogP contribution >= 0.6 is 11.6 Å². The van der Waals surface area contributed by atoms with Gasteiger partial charge in [-0.1, -0.05) is 37.6 Å². The van der Waals surface area contributed by atoms with E-state index < -0.39 is 0 Å². The van der Waals surface area contributed by atoms with Crippen LogP contribution in [0.3, 0.4) is 0 Å². The molecule has 2 aromatic rings. The average Bonchev–Trinajstić information content (AvgIpc) is 2.73. The highest BCUT2D eigenvalue weighted by Crippen LogP contribution is 2.39. The van der Waals surface area contributed by atoms with Crippen LogP contribution in [0.15, 0.2) is 42.5 Å². The first-order valence-corrected chi connectivity index (χ1v) is 6.93. The van der Waals surface area contributed by atoms with Crippen molar-refractivity contribution in [3.63, 3.8) is 0 Å². The number of hydrogen-bond donors (Lipinski definition) is 0. The zero-order chi connectivity index (χ0) is 14.3. The molecule has 0 N–H and O–H groups in total. The van der Waals surface area contributed by atoms with Crippen molar-refractivity contribution in [2.45, 2.75) is 19.3 Å². The minimum atomic E-state index is -0.0556. The summed E-state index contributed by atoms with van der Waals surface area (Å²) in [6.07, 6.45) is 0. The summed E-state index contributed by atoms with van der Waals surface area (Å²) in [5, 5.41) is 0.570. The Kier molecular flexibility index (Phi) is 3.06. The highest BCUT2D eigenvalue weighted by atomic mass is 35.5. The molecule has 0 saturated heterocycles. The number of ketones is 1. The lowest BCUT2D eigenvalue weighted by Crippen LogP contribution is -2.18. The van der Waals surface area contributed by atoms with Gasteiger partial charge >= 0.3 is 0 Å². The Bertz CT molecular complexity index is 689. The molecule has 1 aliphatic heterocycles. The average molecular weight is 287 g/mol. The molecule has 0 bridgehead atoms. The molecule has 1 heterocycles. The van der Waals surface area contributed by atoms with Gasteiger partial charge in [0.05, 0.1) is 6.61 Å². The molecule has 102 valence electrons. The first kappa shape index (κ1) is 13.2. The Morgan fingerprint density at radius 3 is 2.65 bits per heavy atom. The van der Waals surface area contributed by atoms with Crippen LogP contribution in [0, 0.1) is 0 Å². The first-order valence-electron chi connectivity index (χ1n) is 6.55. The van der Waals surface area contributed by atoms with Crippen molar-refractivity contribution in [1.29, 1.82) is 0 Å². The van der Waals surface area contributed by atoms with E-state index in [0.717, 1.165) is 11.3 Å². The molecule has 0 amide bonds. The molecule has 2 aromatic carbocycles. The smallest absolute Gasteiger partial charge is 0.193 e. The second kappa shape index (κ2) is 4.64. The van der Waals surface area contributed by atoms with E-state index in [1.807, 2.05) is 18.2 Å². The second-order valence-corrected chi connectivity index (χ2v) is 6.16. The summed E-state index contributed by atoms with van der Waals surface area (Å²) in [6, 6.07) is 12.6. The summed E-state index contributed by atoms with van der Waals surface area (Å²) in [5.74, 6) is 0.857. The Hall–Kier alpha value is -1.80. The largest absolute Gasteiger partial charge is 0.492 e. The zero-order valence-electron chi connectivity index (χ0n) is 11.4. The predicted molar refractivity (Wildman–Crippen MR) is 79.8 cm³/mol. The summed E-state index contributed by atoms with van der Waals surface area (Å²) in [5.41, 5.74) is 2.31. The maximum absolute atomic E-state index is 12.5. The monoisotopic (exact) mass is 286 g/mol. The van der Waals surface area contributed by atoms with Crippen molar-refractivity contribution in [1.82, 2.24) is 0 Å². The molecule has 0 radical (unpaired) electrons. The van der Waals surface area contributed by atoms with Gasteiger partial charge in [-0.25, -0.2) is 0 Å². The molecular weight excluding hydrogens is 272 g/mol. The van der Waals surface area contributed by atoms with Gasteiger partial charge < -0.3 is 4.74 Å². The Balaban J connectivity index is 2.02. The van der Waals surface area contributed by atoms with Crippen LogP contribution in [0.2, 0.25) is 5.02 Å². The van der Waals surface area contributed by atoms with Crippen LogP contribution in [0.5, 0.6) is 5.75 Å². The SMILES string of the molecule is CC1(C)COc2ccc(C(=O)c3cccc(Cl)c3)cc21. The van der Waals surface area contributed by atoms with Gasteiger partial charge in [-0.3, -0.25) is 4.79 Å². The standard InChI is InChI=1S/C17H15ClO2/c1-17(2)10-20-15-7-6-12(9-14(15)17)16(19)11-4-3-5-13(18)8-11/h3-9H,10H2,1-2H3. The fourth-order valence-corrected chi connectivity index (χ4v) is 2.65. The molecule has 0 atom stereocenters. The van der Waals surface area contributed by atoms with Gasteiger partial charge in [0.15, 0.2) is 5.78 Å². The lowest BCUT2D eigenvalue weighted by molar-refractivity contribution is 0.103. The highest BCUT2D eigenvalue weighted by Gasteiger charge is 2.32. The third kappa shape index (κ3) is 2.20. The van der Waals surface area contributed by atoms with Crippen molar-refractivity contribution in [2.75, 3.05) is 6.61 Å². The molecule has 3 heteroatoms. The van der Waals surface area contributed by atoms with Crippen LogP contribution < -0.4 is 4.74 Å². The van der Waals surface area contributed by atoms with Crippen LogP contribution in [0.4, 0.5) is 0 Å². The van der Waals surface area contributed by atoms with Crippen LogP contribution in [-0.2, 0) is 5.41 Å². The van der Waals surface area contributed by atoms with E-state index in [0.29, 0.717) is 22.8 Å². The van der Waals surface area contributed by atoms with E-state index in [1.54, 1.807) is 24.3 Å². The van der Waals surface area contributed by atoms with Crippen molar-refractivity contribution in [3.8, 4) is 5.75 Å². The topological polar surface area (TPSA) is 26.3 Å². The molecule has 0 aromatic heterocycles. The van der Waals surface area contributed by atoms with Gasteiger partial charge in [0.25, 0.3) is 0 Å². The third-order valence-corrected chi connectivity index (χ3v) is 3.88. The second-order valence-electron chi connectivity index (χ2n) is 5.72. The van der Waals surface area contributed by atoms with Crippen molar-refractivity contribution < 1.29 is 9.53 Å². The van der Waals surface area contributed by atoms with Gasteiger partial charge in [0, 0.05) is 27.1 Å². The van der Waals surface area contributed by atoms with Crippen LogP contribution in [-0.4, -0.2) is 12.4 Å². The molecule has 3 rings (SSSR count). The molecule has 0 unspecified atom stereocenters. The maximum atomic E-state index is 12.5. The van der Waals surface area contributed by atoms with E-state index >= 15 is 0 Å². The van der Waals surface area contributed by atoms with Gasteiger partial charge in [0.1, 0.15) is 5.75 Å². The van der Waals surface area contributed by atoms with E-state index in [-0.39, 0.29) is 11.2 Å². The van der Waals surface area contributed by atoms with E-state index in [2.05, 4.69) is 13.8 Å². The number of benzene rings is 2. The minimum Gasteiger partial charge on any atom is -0.492 e. The van der Waals surface area contributed by atoms with Crippen molar-refractivity contribution in [3.05, 3.63) is 64.2 Å². The predicted octanol–water partition coefficient (Wildman–Crippen LogP) is 4.24. The molecule has 0 spiro atoms. The van der Waals surface area contributed by atoms with Gasteiger partial charge in [-0.05, 0) is 30.3 Å². The molecule has 0 saturated carbocycles. The summed E-state index contributed by atoms with van der Waals surface area (Å²) < 4.78 is 5.64. The lowest BCUT2D eigenvalue weighted by atomic mass is 9.85. The number of ether oxygens (including phenoxy) is 1.